The van der Waals surface area contributed by atoms with Gasteiger partial charge in [0.2, 0.25) is 11.9 Å². The maximum absolute atomic E-state index is 12.6. The molecule has 0 saturated carbocycles. The standard InChI is InChI=1S/C17H18N6O7S2.Na.H/c18-15-19-16(22(20-15)17(26)30-8-10-4-2-1-3-5-10)31-9-12(24)21-7-6-11-13(21)14(25)23(11)32(27,28)29;;/h1-5,11,13H,6-9H2,(H2,18,20)(H,27,28,29);;/q;+1;-1/t11-,13+;;/m1../s1. The third-order valence-corrected chi connectivity index (χ3v) is 6.86. The van der Waals surface area contributed by atoms with Gasteiger partial charge in [-0.15, -0.1) is 9.78 Å². The smallest absolute Gasteiger partial charge is 1.00 e. The topological polar surface area (TPSA) is 178 Å². The molecule has 172 valence electrons. The van der Waals surface area contributed by atoms with Gasteiger partial charge in [-0.2, -0.15) is 13.4 Å². The summed E-state index contributed by atoms with van der Waals surface area (Å²) in [6.07, 6.45) is -0.603. The zero-order valence-electron chi connectivity index (χ0n) is 18.4. The number of thioether (sulfide) groups is 1. The predicted octanol–water partition coefficient (Wildman–Crippen LogP) is -3.13. The Morgan fingerprint density at radius 1 is 1.30 bits per heavy atom. The maximum atomic E-state index is 12.6. The molecular weight excluding hydrogens is 487 g/mol. The first kappa shape index (κ1) is 25.5. The van der Waals surface area contributed by atoms with Crippen LogP contribution in [0.15, 0.2) is 35.5 Å². The Hall–Kier alpha value is -2.17. The monoisotopic (exact) mass is 506 g/mol. The summed E-state index contributed by atoms with van der Waals surface area (Å²) in [5.74, 6) is -1.70. The number of hydrogen-bond acceptors (Lipinski definition) is 10. The molecule has 2 atom stereocenters. The number of β-lactam (4-membered cyclic amide) rings is 1. The van der Waals surface area contributed by atoms with Crippen LogP contribution in [0.2, 0.25) is 0 Å². The van der Waals surface area contributed by atoms with E-state index >= 15 is 0 Å². The molecular formula is C17H19N6NaO7S2. The second kappa shape index (κ2) is 9.99. The van der Waals surface area contributed by atoms with Gasteiger partial charge in [0.1, 0.15) is 12.6 Å². The van der Waals surface area contributed by atoms with Crippen molar-refractivity contribution in [3.05, 3.63) is 35.9 Å². The number of nitrogens with zero attached hydrogens (tertiary/aromatic N) is 5. The molecule has 16 heteroatoms. The molecule has 2 aromatic rings. The second-order valence-electron chi connectivity index (χ2n) is 6.99. The van der Waals surface area contributed by atoms with E-state index in [0.29, 0.717) is 4.31 Å². The summed E-state index contributed by atoms with van der Waals surface area (Å²) in [7, 11) is -4.66. The van der Waals surface area contributed by atoms with Gasteiger partial charge in [-0.3, -0.25) is 14.1 Å². The molecule has 2 aliphatic rings. The van der Waals surface area contributed by atoms with Gasteiger partial charge in [-0.1, -0.05) is 42.1 Å². The number of nitrogens with two attached hydrogens (primary N) is 1. The van der Waals surface area contributed by atoms with E-state index in [-0.39, 0.29) is 67.4 Å². The number of carbonyl (C=O) groups is 3. The van der Waals surface area contributed by atoms with Gasteiger partial charge in [-0.05, 0) is 12.0 Å². The number of benzene rings is 1. The van der Waals surface area contributed by atoms with Gasteiger partial charge in [-0.25, -0.2) is 9.10 Å². The third kappa shape index (κ3) is 5.17. The van der Waals surface area contributed by atoms with Crippen molar-refractivity contribution in [2.45, 2.75) is 30.3 Å². The molecule has 1 aromatic heterocycles. The van der Waals surface area contributed by atoms with E-state index in [4.69, 9.17) is 15.0 Å². The summed E-state index contributed by atoms with van der Waals surface area (Å²) in [4.78, 5) is 42.3. The first-order chi connectivity index (χ1) is 15.2. The van der Waals surface area contributed by atoms with E-state index in [2.05, 4.69) is 10.1 Å². The number of nitrogen functional groups attached to an aromatic ring is 1. The Kier molecular flexibility index (Phi) is 7.70. The fourth-order valence-corrected chi connectivity index (χ4v) is 5.32. The number of hydrogen-bond donors (Lipinski definition) is 2. The second-order valence-corrected chi connectivity index (χ2v) is 9.22. The van der Waals surface area contributed by atoms with Crippen molar-refractivity contribution in [1.29, 1.82) is 0 Å². The Bertz CT molecular complexity index is 1180. The van der Waals surface area contributed by atoms with E-state index in [1.807, 2.05) is 6.07 Å². The number of rotatable bonds is 6. The number of carbonyl (C=O) groups excluding carboxylic acids is 3. The van der Waals surface area contributed by atoms with Crippen LogP contribution in [0.1, 0.15) is 13.4 Å². The molecule has 33 heavy (non-hydrogen) atoms. The first-order valence-corrected chi connectivity index (χ1v) is 11.7. The van der Waals surface area contributed by atoms with Crippen LogP contribution >= 0.6 is 11.8 Å². The molecule has 1 aromatic carbocycles. The molecule has 4 rings (SSSR count). The van der Waals surface area contributed by atoms with Crippen molar-refractivity contribution in [2.75, 3.05) is 18.0 Å². The van der Waals surface area contributed by atoms with Crippen LogP contribution in [0.25, 0.3) is 0 Å². The molecule has 2 amide bonds. The van der Waals surface area contributed by atoms with Gasteiger partial charge < -0.3 is 16.8 Å². The number of aromatic nitrogens is 3. The number of amides is 2. The Labute approximate surface area is 216 Å². The predicted molar refractivity (Wildman–Crippen MR) is 111 cm³/mol. The fraction of sp³-hybridized carbons (Fsp3) is 0.353. The average molecular weight is 506 g/mol. The summed E-state index contributed by atoms with van der Waals surface area (Å²) >= 11 is 0.873. The summed E-state index contributed by atoms with van der Waals surface area (Å²) in [6, 6.07) is 7.28. The SMILES string of the molecule is Nc1nc(SCC(=O)N2CC[C@@H]3[C@H]2C(=O)N3S(=O)(=O)O)n(C(=O)OCc2ccccc2)n1.[H-].[Na+]. The summed E-state index contributed by atoms with van der Waals surface area (Å²) < 4.78 is 38.1. The number of likely N-dealkylation sites (tertiary alicyclic amines) is 1. The molecule has 2 fully saturated rings. The zero-order chi connectivity index (χ0) is 23.0. The van der Waals surface area contributed by atoms with Crippen molar-refractivity contribution in [1.82, 2.24) is 24.0 Å². The molecule has 2 aliphatic heterocycles. The maximum Gasteiger partial charge on any atom is 1.00 e. The van der Waals surface area contributed by atoms with Crippen LogP contribution in [-0.2, 0) is 31.2 Å². The molecule has 0 spiro atoms. The van der Waals surface area contributed by atoms with Crippen molar-refractivity contribution in [3.63, 3.8) is 0 Å². The molecule has 0 unspecified atom stereocenters. The van der Waals surface area contributed by atoms with Crippen LogP contribution in [0, 0.1) is 0 Å². The quantitative estimate of drug-likeness (QED) is 0.175. The summed E-state index contributed by atoms with van der Waals surface area (Å²) in [5.41, 5.74) is 6.36. The van der Waals surface area contributed by atoms with E-state index in [9.17, 15) is 22.8 Å². The fourth-order valence-electron chi connectivity index (χ4n) is 3.61. The van der Waals surface area contributed by atoms with E-state index in [1.54, 1.807) is 24.3 Å². The van der Waals surface area contributed by atoms with Crippen molar-refractivity contribution in [3.8, 4) is 0 Å². The van der Waals surface area contributed by atoms with Gasteiger partial charge in [0, 0.05) is 6.54 Å². The van der Waals surface area contributed by atoms with Gasteiger partial charge in [0.25, 0.3) is 5.91 Å². The van der Waals surface area contributed by atoms with Crippen LogP contribution in [0.3, 0.4) is 0 Å². The van der Waals surface area contributed by atoms with Gasteiger partial charge in [0.05, 0.1) is 11.8 Å². The van der Waals surface area contributed by atoms with Gasteiger partial charge >= 0.3 is 46.0 Å². The van der Waals surface area contributed by atoms with Gasteiger partial charge in [0.15, 0.2) is 5.16 Å². The van der Waals surface area contributed by atoms with Crippen molar-refractivity contribution in [2.24, 2.45) is 0 Å². The first-order valence-electron chi connectivity index (χ1n) is 9.33. The third-order valence-electron chi connectivity index (χ3n) is 5.00. The minimum absolute atomic E-state index is 0. The van der Waals surface area contributed by atoms with E-state index in [0.717, 1.165) is 22.0 Å². The van der Waals surface area contributed by atoms with Crippen molar-refractivity contribution >= 4 is 45.9 Å². The van der Waals surface area contributed by atoms with E-state index in [1.165, 1.54) is 4.90 Å². The largest absolute Gasteiger partial charge is 1.00 e. The van der Waals surface area contributed by atoms with Crippen LogP contribution in [-0.4, -0.2) is 79.2 Å². The van der Waals surface area contributed by atoms with Crippen molar-refractivity contribution < 1.29 is 63.1 Å². The Balaban J connectivity index is 0.00000204. The molecule has 0 aliphatic carbocycles. The summed E-state index contributed by atoms with van der Waals surface area (Å²) in [6.45, 7) is 0.159. The van der Waals surface area contributed by atoms with Crippen LogP contribution < -0.4 is 35.3 Å². The molecule has 0 radical (unpaired) electrons. The van der Waals surface area contributed by atoms with Crippen LogP contribution in [0.4, 0.5) is 10.7 Å². The minimum atomic E-state index is -4.66. The summed E-state index contributed by atoms with van der Waals surface area (Å²) in [5, 5.41) is 3.82. The molecule has 13 nitrogen and oxygen atoms in total. The molecule has 0 bridgehead atoms. The van der Waals surface area contributed by atoms with Crippen LogP contribution in [0.5, 0.6) is 0 Å². The molecule has 2 saturated heterocycles. The normalized spacial score (nSPS) is 19.5. The Morgan fingerprint density at radius 2 is 2.00 bits per heavy atom. The molecule has 3 heterocycles. The van der Waals surface area contributed by atoms with E-state index < -0.39 is 40.3 Å². The average Bonchev–Trinajstić information content (AvgIpc) is 3.30. The number of fused-ring (bicyclic) bond motifs is 1. The Morgan fingerprint density at radius 3 is 2.67 bits per heavy atom. The number of ether oxygens (including phenoxy) is 1. The zero-order valence-corrected chi connectivity index (χ0v) is 21.0. The number of anilines is 1. The molecule has 3 N–H and O–H groups in total. The minimum Gasteiger partial charge on any atom is -1.00 e.